The van der Waals surface area contributed by atoms with Gasteiger partial charge in [-0.3, -0.25) is 4.74 Å². The maximum absolute atomic E-state index is 11.7. The van der Waals surface area contributed by atoms with Gasteiger partial charge in [-0.05, 0) is 19.1 Å². The van der Waals surface area contributed by atoms with Crippen LogP contribution in [0.3, 0.4) is 0 Å². The van der Waals surface area contributed by atoms with Gasteiger partial charge in [0.25, 0.3) is 0 Å². The van der Waals surface area contributed by atoms with Crippen LogP contribution in [0.1, 0.15) is 17.3 Å². The van der Waals surface area contributed by atoms with Gasteiger partial charge in [-0.1, -0.05) is 0 Å². The SMILES string of the molecule is CCOc1cc(N)cc(C(=O)OCCOC(F)(F)F)c1. The van der Waals surface area contributed by atoms with Crippen LogP contribution in [-0.2, 0) is 9.47 Å². The van der Waals surface area contributed by atoms with E-state index < -0.39 is 25.5 Å². The van der Waals surface area contributed by atoms with Crippen molar-refractivity contribution in [3.8, 4) is 5.75 Å². The summed E-state index contributed by atoms with van der Waals surface area (Å²) >= 11 is 0. The van der Waals surface area contributed by atoms with Gasteiger partial charge in [-0.15, -0.1) is 13.2 Å². The van der Waals surface area contributed by atoms with Gasteiger partial charge in [0.2, 0.25) is 0 Å². The zero-order valence-corrected chi connectivity index (χ0v) is 10.7. The van der Waals surface area contributed by atoms with Crippen molar-refractivity contribution in [2.45, 2.75) is 13.3 Å². The molecule has 0 fully saturated rings. The molecule has 20 heavy (non-hydrogen) atoms. The van der Waals surface area contributed by atoms with Gasteiger partial charge in [-0.25, -0.2) is 4.79 Å². The summed E-state index contributed by atoms with van der Waals surface area (Å²) in [6, 6.07) is 4.26. The zero-order chi connectivity index (χ0) is 15.2. The molecule has 1 rings (SSSR count). The van der Waals surface area contributed by atoms with E-state index in [0.717, 1.165) is 0 Å². The Bertz CT molecular complexity index is 463. The lowest BCUT2D eigenvalue weighted by Crippen LogP contribution is -2.18. The Morgan fingerprint density at radius 2 is 1.95 bits per heavy atom. The zero-order valence-electron chi connectivity index (χ0n) is 10.7. The normalized spacial score (nSPS) is 11.2. The van der Waals surface area contributed by atoms with Crippen LogP contribution in [0.25, 0.3) is 0 Å². The lowest BCUT2D eigenvalue weighted by molar-refractivity contribution is -0.326. The molecular weight excluding hydrogens is 279 g/mol. The van der Waals surface area contributed by atoms with Crippen molar-refractivity contribution < 1.29 is 32.2 Å². The van der Waals surface area contributed by atoms with Gasteiger partial charge in [-0.2, -0.15) is 0 Å². The van der Waals surface area contributed by atoms with Crippen molar-refractivity contribution in [2.24, 2.45) is 0 Å². The van der Waals surface area contributed by atoms with E-state index in [-0.39, 0.29) is 11.3 Å². The average Bonchev–Trinajstić information content (AvgIpc) is 2.33. The van der Waals surface area contributed by atoms with Crippen molar-refractivity contribution >= 4 is 11.7 Å². The largest absolute Gasteiger partial charge is 0.522 e. The lowest BCUT2D eigenvalue weighted by atomic mass is 10.2. The van der Waals surface area contributed by atoms with Crippen LogP contribution in [-0.4, -0.2) is 32.2 Å². The Morgan fingerprint density at radius 3 is 2.55 bits per heavy atom. The number of hydrogen-bond donors (Lipinski definition) is 1. The first kappa shape index (κ1) is 16.1. The summed E-state index contributed by atoms with van der Waals surface area (Å²) < 4.78 is 48.4. The summed E-state index contributed by atoms with van der Waals surface area (Å²) in [4.78, 5) is 11.6. The Labute approximate surface area is 113 Å². The summed E-state index contributed by atoms with van der Waals surface area (Å²) in [5.74, 6) is -0.421. The van der Waals surface area contributed by atoms with E-state index >= 15 is 0 Å². The number of ether oxygens (including phenoxy) is 3. The molecule has 112 valence electrons. The second-order valence-electron chi connectivity index (χ2n) is 3.65. The van der Waals surface area contributed by atoms with E-state index in [1.54, 1.807) is 6.92 Å². The summed E-state index contributed by atoms with van der Waals surface area (Å²) in [7, 11) is 0. The Balaban J connectivity index is 2.55. The molecular formula is C12H14F3NO4. The molecule has 0 heterocycles. The van der Waals surface area contributed by atoms with Crippen LogP contribution in [0.15, 0.2) is 18.2 Å². The van der Waals surface area contributed by atoms with Crippen LogP contribution in [0.5, 0.6) is 5.75 Å². The molecule has 2 N–H and O–H groups in total. The maximum Gasteiger partial charge on any atom is 0.522 e. The van der Waals surface area contributed by atoms with Crippen molar-refractivity contribution in [3.05, 3.63) is 23.8 Å². The number of nitrogen functional groups attached to an aromatic ring is 1. The number of rotatable bonds is 6. The van der Waals surface area contributed by atoms with Crippen molar-refractivity contribution in [3.63, 3.8) is 0 Å². The molecule has 0 saturated heterocycles. The fourth-order valence-electron chi connectivity index (χ4n) is 1.37. The molecule has 0 aliphatic heterocycles. The van der Waals surface area contributed by atoms with Gasteiger partial charge in [0.1, 0.15) is 12.4 Å². The molecule has 0 bridgehead atoms. The van der Waals surface area contributed by atoms with Crippen LogP contribution >= 0.6 is 0 Å². The first-order valence-electron chi connectivity index (χ1n) is 5.73. The molecule has 0 aliphatic rings. The molecule has 0 spiro atoms. The third kappa shape index (κ3) is 5.79. The summed E-state index contributed by atoms with van der Waals surface area (Å²) in [5.41, 5.74) is 5.96. The number of nitrogens with two attached hydrogens (primary N) is 1. The highest BCUT2D eigenvalue weighted by Crippen LogP contribution is 2.20. The van der Waals surface area contributed by atoms with Gasteiger partial charge in [0, 0.05) is 11.8 Å². The minimum Gasteiger partial charge on any atom is -0.494 e. The van der Waals surface area contributed by atoms with Crippen LogP contribution in [0, 0.1) is 0 Å². The van der Waals surface area contributed by atoms with Gasteiger partial charge >= 0.3 is 12.3 Å². The molecule has 0 aromatic heterocycles. The monoisotopic (exact) mass is 293 g/mol. The highest BCUT2D eigenvalue weighted by atomic mass is 19.4. The van der Waals surface area contributed by atoms with Crippen LogP contribution in [0.4, 0.5) is 18.9 Å². The molecule has 0 unspecified atom stereocenters. The van der Waals surface area contributed by atoms with E-state index in [9.17, 15) is 18.0 Å². The second kappa shape index (κ2) is 6.99. The fraction of sp³-hybridized carbons (Fsp3) is 0.417. The summed E-state index contributed by atoms with van der Waals surface area (Å²) in [6.45, 7) is 0.861. The smallest absolute Gasteiger partial charge is 0.494 e. The average molecular weight is 293 g/mol. The molecule has 0 aliphatic carbocycles. The molecule has 1 aromatic rings. The Kier molecular flexibility index (Phi) is 5.63. The predicted octanol–water partition coefficient (Wildman–Crippen LogP) is 2.36. The Morgan fingerprint density at radius 1 is 1.25 bits per heavy atom. The molecule has 0 saturated carbocycles. The number of benzene rings is 1. The van der Waals surface area contributed by atoms with Gasteiger partial charge in [0.05, 0.1) is 18.8 Å². The molecule has 0 atom stereocenters. The highest BCUT2D eigenvalue weighted by Gasteiger charge is 2.28. The standard InChI is InChI=1S/C12H14F3NO4/c1-2-18-10-6-8(5-9(16)7-10)11(17)19-3-4-20-12(13,14)15/h5-7H,2-4,16H2,1H3. The fourth-order valence-corrected chi connectivity index (χ4v) is 1.37. The van der Waals surface area contributed by atoms with Gasteiger partial charge in [0.15, 0.2) is 0 Å². The third-order valence-electron chi connectivity index (χ3n) is 2.06. The topological polar surface area (TPSA) is 70.8 Å². The van der Waals surface area contributed by atoms with Crippen molar-refractivity contribution in [2.75, 3.05) is 25.6 Å². The van der Waals surface area contributed by atoms with Crippen molar-refractivity contribution in [1.82, 2.24) is 0 Å². The predicted molar refractivity (Wildman–Crippen MR) is 64.3 cm³/mol. The van der Waals surface area contributed by atoms with Crippen LogP contribution < -0.4 is 10.5 Å². The second-order valence-corrected chi connectivity index (χ2v) is 3.65. The van der Waals surface area contributed by atoms with Crippen LogP contribution in [0.2, 0.25) is 0 Å². The highest BCUT2D eigenvalue weighted by molar-refractivity contribution is 5.91. The van der Waals surface area contributed by atoms with E-state index in [0.29, 0.717) is 12.4 Å². The molecule has 8 heteroatoms. The minimum atomic E-state index is -4.74. The number of halogens is 3. The van der Waals surface area contributed by atoms with E-state index in [1.165, 1.54) is 18.2 Å². The molecule has 0 radical (unpaired) electrons. The summed E-state index contributed by atoms with van der Waals surface area (Å²) in [6.07, 6.45) is -4.74. The lowest BCUT2D eigenvalue weighted by Gasteiger charge is -2.09. The maximum atomic E-state index is 11.7. The molecule has 0 amide bonds. The number of esters is 1. The molecule has 1 aromatic carbocycles. The minimum absolute atomic E-state index is 0.0976. The quantitative estimate of drug-likeness (QED) is 0.495. The van der Waals surface area contributed by atoms with E-state index in [2.05, 4.69) is 9.47 Å². The first-order chi connectivity index (χ1) is 9.31. The number of anilines is 1. The number of hydrogen-bond acceptors (Lipinski definition) is 5. The third-order valence-corrected chi connectivity index (χ3v) is 2.06. The van der Waals surface area contributed by atoms with E-state index in [4.69, 9.17) is 10.5 Å². The number of carbonyl (C=O) groups is 1. The van der Waals surface area contributed by atoms with Crippen molar-refractivity contribution in [1.29, 1.82) is 0 Å². The first-order valence-corrected chi connectivity index (χ1v) is 5.73. The molecule has 5 nitrogen and oxygen atoms in total. The van der Waals surface area contributed by atoms with E-state index in [1.807, 2.05) is 0 Å². The Hall–Kier alpha value is -1.96. The number of alkyl halides is 3. The summed E-state index contributed by atoms with van der Waals surface area (Å²) in [5, 5.41) is 0. The number of carbonyl (C=O) groups excluding carboxylic acids is 1. The van der Waals surface area contributed by atoms with Gasteiger partial charge < -0.3 is 15.2 Å².